The maximum atomic E-state index is 13.0. The maximum Gasteiger partial charge on any atom is 0.241 e. The second-order valence-corrected chi connectivity index (χ2v) is 8.24. The predicted molar refractivity (Wildman–Crippen MR) is 104 cm³/mol. The van der Waals surface area contributed by atoms with E-state index in [1.165, 1.54) is 24.8 Å². The molecule has 1 aliphatic carbocycles. The lowest BCUT2D eigenvalue weighted by atomic mass is 9.88. The minimum atomic E-state index is -3.75. The van der Waals surface area contributed by atoms with Gasteiger partial charge in [0.25, 0.3) is 0 Å². The van der Waals surface area contributed by atoms with E-state index < -0.39 is 10.0 Å². The molecule has 1 atom stereocenters. The summed E-state index contributed by atoms with van der Waals surface area (Å²) in [5.74, 6) is 0.204. The number of amides is 1. The molecule has 3 rings (SSSR count). The Morgan fingerprint density at radius 2 is 2.00 bits per heavy atom. The molecular formula is C20H24N2O4S. The number of ether oxygens (including phenoxy) is 1. The first-order valence-corrected chi connectivity index (χ1v) is 10.5. The van der Waals surface area contributed by atoms with Crippen molar-refractivity contribution in [1.82, 2.24) is 4.72 Å². The Morgan fingerprint density at radius 3 is 2.74 bits per heavy atom. The van der Waals surface area contributed by atoms with Crippen molar-refractivity contribution in [3.05, 3.63) is 53.6 Å². The van der Waals surface area contributed by atoms with Crippen molar-refractivity contribution < 1.29 is 17.9 Å². The summed E-state index contributed by atoms with van der Waals surface area (Å²) in [6, 6.07) is 12.1. The number of anilines is 1. The van der Waals surface area contributed by atoms with Crippen LogP contribution in [0.15, 0.2) is 47.4 Å². The van der Waals surface area contributed by atoms with Gasteiger partial charge in [-0.2, -0.15) is 0 Å². The highest BCUT2D eigenvalue weighted by Gasteiger charge is 2.26. The monoisotopic (exact) mass is 388 g/mol. The first kappa shape index (κ1) is 19.4. The molecule has 1 amide bonds. The Labute approximate surface area is 160 Å². The number of carbonyl (C=O) groups is 1. The molecule has 2 aromatic carbocycles. The average Bonchev–Trinajstić information content (AvgIpc) is 2.68. The Bertz CT molecular complexity index is 941. The number of nitrogens with one attached hydrogen (secondary N) is 2. The van der Waals surface area contributed by atoms with Gasteiger partial charge in [0.1, 0.15) is 5.75 Å². The van der Waals surface area contributed by atoms with Crippen LogP contribution in [-0.4, -0.2) is 21.4 Å². The molecule has 0 spiro atoms. The molecule has 2 N–H and O–H groups in total. The summed E-state index contributed by atoms with van der Waals surface area (Å²) in [6.07, 6.45) is 2.94. The average molecular weight is 388 g/mol. The summed E-state index contributed by atoms with van der Waals surface area (Å²) in [4.78, 5) is 11.8. The lowest BCUT2D eigenvalue weighted by molar-refractivity contribution is -0.115. The van der Waals surface area contributed by atoms with E-state index in [9.17, 15) is 13.2 Å². The summed E-state index contributed by atoms with van der Waals surface area (Å²) in [7, 11) is -2.27. The van der Waals surface area contributed by atoms with E-state index in [1.54, 1.807) is 13.0 Å². The van der Waals surface area contributed by atoms with Crippen LogP contribution in [-0.2, 0) is 21.2 Å². The number of hydrogen-bond donors (Lipinski definition) is 2. The van der Waals surface area contributed by atoms with Gasteiger partial charge in [0.2, 0.25) is 15.9 Å². The predicted octanol–water partition coefficient (Wildman–Crippen LogP) is 3.40. The highest BCUT2D eigenvalue weighted by atomic mass is 32.2. The quantitative estimate of drug-likeness (QED) is 0.794. The van der Waals surface area contributed by atoms with Crippen LogP contribution in [0.4, 0.5) is 5.69 Å². The van der Waals surface area contributed by atoms with E-state index in [0.29, 0.717) is 11.4 Å². The fourth-order valence-electron chi connectivity index (χ4n) is 3.32. The Hall–Kier alpha value is -2.38. The molecule has 1 aliphatic rings. The molecule has 27 heavy (non-hydrogen) atoms. The summed E-state index contributed by atoms with van der Waals surface area (Å²) in [6.45, 7) is 1.73. The first-order chi connectivity index (χ1) is 12.9. The van der Waals surface area contributed by atoms with Crippen LogP contribution in [0.2, 0.25) is 0 Å². The second kappa shape index (κ2) is 8.10. The zero-order valence-corrected chi connectivity index (χ0v) is 16.3. The van der Waals surface area contributed by atoms with Crippen molar-refractivity contribution in [2.45, 2.75) is 43.5 Å². The standard InChI is InChI=1S/C20H24N2O4S/c1-3-20(23)21-18-13-15(11-12-19(18)26-2)27(24,25)22-17-10-6-8-14-7-4-5-9-16(14)17/h4-5,7,9,11-13,17,22H,3,6,8,10H2,1-2H3,(H,21,23)/t17-/m0/s1. The van der Waals surface area contributed by atoms with Gasteiger partial charge >= 0.3 is 0 Å². The molecule has 7 heteroatoms. The topological polar surface area (TPSA) is 84.5 Å². The largest absolute Gasteiger partial charge is 0.495 e. The fraction of sp³-hybridized carbons (Fsp3) is 0.350. The second-order valence-electron chi connectivity index (χ2n) is 6.53. The third-order valence-electron chi connectivity index (χ3n) is 4.74. The van der Waals surface area contributed by atoms with E-state index in [2.05, 4.69) is 10.0 Å². The molecule has 0 heterocycles. The summed E-state index contributed by atoms with van der Waals surface area (Å²) >= 11 is 0. The molecule has 0 saturated heterocycles. The van der Waals surface area contributed by atoms with E-state index in [0.717, 1.165) is 24.8 Å². The molecule has 0 fully saturated rings. The van der Waals surface area contributed by atoms with Crippen LogP contribution >= 0.6 is 0 Å². The molecule has 0 aromatic heterocycles. The molecule has 144 valence electrons. The van der Waals surface area contributed by atoms with Gasteiger partial charge in [0.15, 0.2) is 0 Å². The smallest absolute Gasteiger partial charge is 0.241 e. The molecule has 2 aromatic rings. The normalized spacial score (nSPS) is 16.4. The summed E-state index contributed by atoms with van der Waals surface area (Å²) in [5.41, 5.74) is 2.55. The number of rotatable bonds is 6. The summed E-state index contributed by atoms with van der Waals surface area (Å²) in [5, 5.41) is 2.69. The number of sulfonamides is 1. The number of carbonyl (C=O) groups excluding carboxylic acids is 1. The fourth-order valence-corrected chi connectivity index (χ4v) is 4.60. The number of hydrogen-bond acceptors (Lipinski definition) is 4. The van der Waals surface area contributed by atoms with Gasteiger partial charge < -0.3 is 10.1 Å². The van der Waals surface area contributed by atoms with Crippen LogP contribution < -0.4 is 14.8 Å². The number of methoxy groups -OCH3 is 1. The number of benzene rings is 2. The van der Waals surface area contributed by atoms with Crippen LogP contribution in [0, 0.1) is 0 Å². The van der Waals surface area contributed by atoms with E-state index >= 15 is 0 Å². The lowest BCUT2D eigenvalue weighted by Gasteiger charge is -2.26. The van der Waals surface area contributed by atoms with Crippen molar-refractivity contribution >= 4 is 21.6 Å². The van der Waals surface area contributed by atoms with Crippen molar-refractivity contribution in [1.29, 1.82) is 0 Å². The van der Waals surface area contributed by atoms with Gasteiger partial charge in [-0.25, -0.2) is 13.1 Å². The minimum Gasteiger partial charge on any atom is -0.495 e. The highest BCUT2D eigenvalue weighted by molar-refractivity contribution is 7.89. The van der Waals surface area contributed by atoms with Crippen LogP contribution in [0.5, 0.6) is 5.75 Å². The van der Waals surface area contributed by atoms with Crippen LogP contribution in [0.1, 0.15) is 43.4 Å². The van der Waals surface area contributed by atoms with Gasteiger partial charge in [-0.15, -0.1) is 0 Å². The third-order valence-corrected chi connectivity index (χ3v) is 6.21. The Balaban J connectivity index is 1.89. The molecule has 6 nitrogen and oxygen atoms in total. The number of fused-ring (bicyclic) bond motifs is 1. The summed E-state index contributed by atoms with van der Waals surface area (Å²) < 4.78 is 33.9. The van der Waals surface area contributed by atoms with Gasteiger partial charge in [-0.1, -0.05) is 31.2 Å². The van der Waals surface area contributed by atoms with Crippen molar-refractivity contribution in [2.24, 2.45) is 0 Å². The van der Waals surface area contributed by atoms with E-state index in [4.69, 9.17) is 4.74 Å². The van der Waals surface area contributed by atoms with Crippen molar-refractivity contribution in [3.63, 3.8) is 0 Å². The molecular weight excluding hydrogens is 364 g/mol. The molecule has 0 radical (unpaired) electrons. The molecule has 0 unspecified atom stereocenters. The van der Waals surface area contributed by atoms with Gasteiger partial charge in [0, 0.05) is 12.5 Å². The van der Waals surface area contributed by atoms with Crippen LogP contribution in [0.3, 0.4) is 0 Å². The zero-order valence-electron chi connectivity index (χ0n) is 15.5. The highest BCUT2D eigenvalue weighted by Crippen LogP contribution is 2.32. The molecule has 0 bridgehead atoms. The Kier molecular flexibility index (Phi) is 5.82. The molecule has 0 saturated carbocycles. The minimum absolute atomic E-state index is 0.0951. The van der Waals surface area contributed by atoms with E-state index in [-0.39, 0.29) is 23.3 Å². The first-order valence-electron chi connectivity index (χ1n) is 9.02. The van der Waals surface area contributed by atoms with Crippen LogP contribution in [0.25, 0.3) is 0 Å². The van der Waals surface area contributed by atoms with Gasteiger partial charge in [-0.3, -0.25) is 4.79 Å². The molecule has 0 aliphatic heterocycles. The van der Waals surface area contributed by atoms with Gasteiger partial charge in [0.05, 0.1) is 17.7 Å². The SMILES string of the molecule is CCC(=O)Nc1cc(S(=O)(=O)N[C@H]2CCCc3ccccc32)ccc1OC. The zero-order chi connectivity index (χ0) is 19.4. The van der Waals surface area contributed by atoms with Gasteiger partial charge in [-0.05, 0) is 48.6 Å². The lowest BCUT2D eigenvalue weighted by Crippen LogP contribution is -2.31. The third kappa shape index (κ3) is 4.31. The van der Waals surface area contributed by atoms with Crippen molar-refractivity contribution in [2.75, 3.05) is 12.4 Å². The number of aryl methyl sites for hydroxylation is 1. The van der Waals surface area contributed by atoms with E-state index in [1.807, 2.05) is 24.3 Å². The Morgan fingerprint density at radius 1 is 1.22 bits per heavy atom. The van der Waals surface area contributed by atoms with Crippen molar-refractivity contribution in [3.8, 4) is 5.75 Å². The maximum absolute atomic E-state index is 13.0.